The van der Waals surface area contributed by atoms with Crippen LogP contribution in [0.4, 0.5) is 0 Å². The lowest BCUT2D eigenvalue weighted by molar-refractivity contribution is 0.111. The number of aromatic amines is 1. The van der Waals surface area contributed by atoms with Crippen LogP contribution in [0.25, 0.3) is 43.4 Å². The number of aromatic nitrogens is 6. The Kier molecular flexibility index (Phi) is 29.5. The Bertz CT molecular complexity index is 3300. The minimum atomic E-state index is -0.593. The summed E-state index contributed by atoms with van der Waals surface area (Å²) in [7, 11) is 42.0. The molecule has 8 rings (SSSR count). The Morgan fingerprint density at radius 3 is 1.56 bits per heavy atom. The van der Waals surface area contributed by atoms with Crippen LogP contribution in [-0.4, -0.2) is 136 Å². The normalized spacial score (nSPS) is 9.64. The Morgan fingerprint density at radius 1 is 0.685 bits per heavy atom. The number of ether oxygens (including phenoxy) is 2. The van der Waals surface area contributed by atoms with Crippen LogP contribution in [0.15, 0.2) is 126 Å². The maximum atomic E-state index is 12.2. The quantitative estimate of drug-likeness (QED) is 0.138. The van der Waals surface area contributed by atoms with E-state index in [-0.39, 0.29) is 31.5 Å². The molecule has 1 N–H and O–H groups in total. The molecule has 0 atom stereocenters. The Hall–Kier alpha value is -4.81. The van der Waals surface area contributed by atoms with Crippen molar-refractivity contribution in [3.63, 3.8) is 0 Å². The molecule has 0 amide bonds. The monoisotopic (exact) mass is 1190 g/mol. The Labute approximate surface area is 470 Å². The highest BCUT2D eigenvalue weighted by Crippen LogP contribution is 2.35. The third kappa shape index (κ3) is 18.8. The fourth-order valence-electron chi connectivity index (χ4n) is 5.75. The summed E-state index contributed by atoms with van der Waals surface area (Å²) in [4.78, 5) is 71.1. The van der Waals surface area contributed by atoms with Crippen LogP contribution in [0.1, 0.15) is 35.6 Å². The second-order valence-electron chi connectivity index (χ2n) is 14.3. The molecular formula is C44H39B11Br3Cl2N6O7-3. The van der Waals surface area contributed by atoms with E-state index in [2.05, 4.69) is 67.7 Å². The van der Waals surface area contributed by atoms with Crippen LogP contribution >= 0.6 is 71.0 Å². The van der Waals surface area contributed by atoms with Crippen molar-refractivity contribution in [1.82, 2.24) is 29.1 Å². The van der Waals surface area contributed by atoms with Gasteiger partial charge in [-0.3, -0.25) is 46.0 Å². The van der Waals surface area contributed by atoms with Crippen molar-refractivity contribution in [3.05, 3.63) is 164 Å². The number of nitrogens with one attached hydrogen (secondary N) is 1. The molecule has 0 aliphatic heterocycles. The molecule has 8 aromatic rings. The van der Waals surface area contributed by atoms with Crippen LogP contribution in [0.5, 0.6) is 11.5 Å². The van der Waals surface area contributed by atoms with Crippen LogP contribution in [0.2, 0.25) is 10.0 Å². The molecule has 0 aliphatic rings. The summed E-state index contributed by atoms with van der Waals surface area (Å²) in [6, 6.07) is 12.2. The number of carbonyl (C=O) groups is 2. The first-order chi connectivity index (χ1) is 33.6. The molecule has 6 heterocycles. The first kappa shape index (κ1) is 66.2. The van der Waals surface area contributed by atoms with E-state index in [1.165, 1.54) is 30.4 Å². The number of nitrogens with zero attached hydrogens (tertiary/aromatic N) is 5. The van der Waals surface area contributed by atoms with E-state index in [4.69, 9.17) is 86.8 Å². The van der Waals surface area contributed by atoms with Crippen molar-refractivity contribution in [2.75, 3.05) is 14.2 Å². The smallest absolute Gasteiger partial charge is 0.259 e. The van der Waals surface area contributed by atoms with Gasteiger partial charge in [0.25, 0.3) is 16.7 Å². The third-order valence-corrected chi connectivity index (χ3v) is 11.7. The van der Waals surface area contributed by atoms with Crippen molar-refractivity contribution in [1.29, 1.82) is 0 Å². The number of aldehydes is 2. The molecule has 6 aromatic heterocycles. The zero-order valence-corrected chi connectivity index (χ0v) is 44.5. The topological polar surface area (TPSA) is 168 Å². The van der Waals surface area contributed by atoms with E-state index >= 15 is 0 Å². The predicted molar refractivity (Wildman–Crippen MR) is 322 cm³/mol. The van der Waals surface area contributed by atoms with Gasteiger partial charge in [0.1, 0.15) is 11.5 Å². The molecule has 0 spiro atoms. The molecular weight excluding hydrogens is 1150 g/mol. The summed E-state index contributed by atoms with van der Waals surface area (Å²) in [5.41, 5.74) is 1.98. The molecule has 358 valence electrons. The summed E-state index contributed by atoms with van der Waals surface area (Å²) in [6.45, 7) is 0. The minimum absolute atomic E-state index is 0. The highest BCUT2D eigenvalue weighted by Gasteiger charge is 2.15. The summed E-state index contributed by atoms with van der Waals surface area (Å²) in [5.74, 6) is 0.864. The van der Waals surface area contributed by atoms with Gasteiger partial charge in [-0.25, -0.2) is 0 Å². The van der Waals surface area contributed by atoms with Crippen LogP contribution in [0, 0.1) is 0 Å². The number of rotatable bonds is 7. The lowest BCUT2D eigenvalue weighted by Gasteiger charge is -2.37. The van der Waals surface area contributed by atoms with E-state index < -0.39 is 19.2 Å². The zero-order valence-electron chi connectivity index (χ0n) is 38.2. The second-order valence-corrected chi connectivity index (χ2v) is 17.8. The van der Waals surface area contributed by atoms with Gasteiger partial charge < -0.3 is 53.2 Å². The van der Waals surface area contributed by atoms with Crippen molar-refractivity contribution >= 4 is 196 Å². The van der Waals surface area contributed by atoms with Crippen LogP contribution in [-0.2, 0) is 14.1 Å². The number of pyridine rings is 6. The highest BCUT2D eigenvalue weighted by atomic mass is 79.9. The van der Waals surface area contributed by atoms with Gasteiger partial charge in [-0.1, -0.05) is 60.4 Å². The van der Waals surface area contributed by atoms with Crippen molar-refractivity contribution < 1.29 is 19.1 Å². The van der Waals surface area contributed by atoms with Crippen molar-refractivity contribution in [3.8, 4) is 22.6 Å². The number of H-pyrrole nitrogens is 1. The summed E-state index contributed by atoms with van der Waals surface area (Å²) >= 11 is 21.9. The first-order valence-electron chi connectivity index (χ1n) is 20.2. The molecule has 0 fully saturated rings. The first-order valence-corrected chi connectivity index (χ1v) is 23.3. The maximum Gasteiger partial charge on any atom is 0.259 e. The molecule has 0 aliphatic carbocycles. The SMILES string of the molecule is C.C.COc1cc(-c2cn(C)c(=O)c3cnccc23)cc(Cl)c1C=O.COc1cc(Br)cc(Cl)c1C=O.Cn1cc(Br)c2ccncc2c1=O.O=c1[nH]cc(Br)c2ccncc12.[B]B([B])B([B-])[B-].[B]B([B])[B][B-]. The van der Waals surface area contributed by atoms with Gasteiger partial charge in [0.15, 0.2) is 12.6 Å². The minimum Gasteiger partial charge on any atom is -0.729 e. The van der Waals surface area contributed by atoms with Gasteiger partial charge in [0.2, 0.25) is 0 Å². The number of benzene rings is 2. The zero-order chi connectivity index (χ0) is 53.1. The number of carbonyl (C=O) groups excluding carboxylic acids is 2. The highest BCUT2D eigenvalue weighted by molar-refractivity contribution is 9.11. The Morgan fingerprint density at radius 2 is 1.11 bits per heavy atom. The molecule has 29 heteroatoms. The molecule has 73 heavy (non-hydrogen) atoms. The Balaban J connectivity index is 0.000000466. The lowest BCUT2D eigenvalue weighted by atomic mass is 8.81. The van der Waals surface area contributed by atoms with Crippen molar-refractivity contribution in [2.24, 2.45) is 14.1 Å². The fraction of sp³-hybridized carbons (Fsp3) is 0.136. The number of fused-ring (bicyclic) bond motifs is 3. The van der Waals surface area contributed by atoms with Gasteiger partial charge >= 0.3 is 0 Å². The largest absolute Gasteiger partial charge is 0.729 e. The average molecular weight is 1190 g/mol. The van der Waals surface area contributed by atoms with Crippen LogP contribution < -0.4 is 26.2 Å². The van der Waals surface area contributed by atoms with E-state index in [9.17, 15) is 24.0 Å². The number of hydrogen-bond donors (Lipinski definition) is 1. The van der Waals surface area contributed by atoms with Gasteiger partial charge in [-0.05, 0) is 123 Å². The van der Waals surface area contributed by atoms with Gasteiger partial charge in [0, 0.05) is 99.6 Å². The third-order valence-electron chi connectivity index (χ3n) is 9.37. The fourth-order valence-corrected chi connectivity index (χ4v) is 7.94. The van der Waals surface area contributed by atoms with Gasteiger partial charge in [-0.15, -0.1) is 0 Å². The lowest BCUT2D eigenvalue weighted by Crippen LogP contribution is -2.38. The number of aryl methyl sites for hydroxylation is 2. The molecule has 0 unspecified atom stereocenters. The van der Waals surface area contributed by atoms with E-state index in [1.54, 1.807) is 106 Å². The number of halogens is 5. The predicted octanol–water partition coefficient (Wildman–Crippen LogP) is 6.46. The van der Waals surface area contributed by atoms with Gasteiger partial charge in [-0.2, -0.15) is 0 Å². The molecule has 0 bridgehead atoms. The van der Waals surface area contributed by atoms with Crippen LogP contribution in [0.3, 0.4) is 0 Å². The van der Waals surface area contributed by atoms with Crippen molar-refractivity contribution in [2.45, 2.75) is 14.9 Å². The second kappa shape index (κ2) is 32.5. The number of methoxy groups -OCH3 is 2. The summed E-state index contributed by atoms with van der Waals surface area (Å²) in [6.07, 6.45) is 14.4. The van der Waals surface area contributed by atoms with E-state index in [0.29, 0.717) is 61.4 Å². The van der Waals surface area contributed by atoms with E-state index in [0.717, 1.165) is 40.7 Å². The molecule has 13 nitrogen and oxygen atoms in total. The standard InChI is InChI=1S/C17H13ClN2O3.C9H7BrN2O.C8H6BrClO2.C8H5BrN2O.2CH4.B6.B5/c1-20-8-13(11-3-4-19-7-12(11)17(20)22)10-5-15(18)14(9-21)16(6-10)23-2;1-12-5-8(10)6-2-3-11-4-7(6)9(12)13;1-12-8-3-5(9)2-7(10)6(8)4-11;9-7-4-11-8(12)6-3-10-2-1-5(6)7;;;1-5(2)6(3)4;1-4-5(2)3/h3-9H,1-2H3;2-5H,1H3;2-4H,1H3;1-4H,(H,11,12);2*1H4;;/q;;;;;;-2;-1. The molecule has 0 saturated carbocycles. The number of hydrogen-bond acceptors (Lipinski definition) is 10. The van der Waals surface area contributed by atoms with E-state index in [1.807, 2.05) is 6.07 Å². The average Bonchev–Trinajstić information content (AvgIpc) is 3.36. The summed E-state index contributed by atoms with van der Waals surface area (Å²) in [5, 5.41) is 4.99. The molecule has 18 radical (unpaired) electrons. The van der Waals surface area contributed by atoms with Gasteiger partial charge in [0.05, 0.1) is 51.6 Å². The molecule has 0 saturated heterocycles. The summed E-state index contributed by atoms with van der Waals surface area (Å²) < 4.78 is 15.8. The maximum absolute atomic E-state index is 12.2. The molecule has 2 aromatic carbocycles.